The van der Waals surface area contributed by atoms with Crippen LogP contribution < -0.4 is 15.8 Å². The van der Waals surface area contributed by atoms with Crippen molar-refractivity contribution >= 4 is 62.4 Å². The third-order valence-electron chi connectivity index (χ3n) is 7.38. The number of carboxylic acids is 1. The Morgan fingerprint density at radius 3 is 2.49 bits per heavy atom. The topological polar surface area (TPSA) is 164 Å². The summed E-state index contributed by atoms with van der Waals surface area (Å²) in [5.41, 5.74) is 7.91. The fourth-order valence-corrected chi connectivity index (χ4v) is 6.79. The van der Waals surface area contributed by atoms with Crippen molar-refractivity contribution in [1.82, 2.24) is 9.47 Å². The molecule has 0 aliphatic carbocycles. The van der Waals surface area contributed by atoms with Gasteiger partial charge in [-0.1, -0.05) is 17.7 Å². The summed E-state index contributed by atoms with van der Waals surface area (Å²) in [5, 5.41) is 13.1. The first-order valence-electron chi connectivity index (χ1n) is 12.8. The Hall–Kier alpha value is -4.13. The molecule has 2 aliphatic rings. The third kappa shape index (κ3) is 5.21. The van der Waals surface area contributed by atoms with E-state index in [9.17, 15) is 27.9 Å². The molecule has 5 rings (SSSR count). The van der Waals surface area contributed by atoms with E-state index < -0.39 is 34.0 Å². The minimum atomic E-state index is -4.06. The van der Waals surface area contributed by atoms with Crippen molar-refractivity contribution in [2.45, 2.75) is 37.8 Å². The number of likely N-dealkylation sites (tertiary alicyclic amines) is 1. The van der Waals surface area contributed by atoms with E-state index in [1.54, 1.807) is 36.6 Å². The lowest BCUT2D eigenvalue weighted by atomic mass is 10.0. The van der Waals surface area contributed by atoms with Gasteiger partial charge in [-0.25, -0.2) is 13.2 Å². The molecule has 0 saturated carbocycles. The van der Waals surface area contributed by atoms with Crippen molar-refractivity contribution in [2.75, 3.05) is 23.1 Å². The molecule has 0 radical (unpaired) electrons. The van der Waals surface area contributed by atoms with Crippen LogP contribution in [0.25, 0.3) is 11.6 Å². The number of carboxylic acid groups (broad SMARTS) is 1. The van der Waals surface area contributed by atoms with Gasteiger partial charge in [-0.15, -0.1) is 0 Å². The number of fused-ring (bicyclic) bond motifs is 1. The molecule has 1 unspecified atom stereocenters. The molecule has 41 heavy (non-hydrogen) atoms. The maximum atomic E-state index is 13.2. The SMILES string of the molecule is Cc1c(C(=O)O)c(C)n(C(C(N)=O)N2CCCC2)c1C=C1C(=O)Nc2ccc(S(=O)(=O)Nc3cccc(Cl)c3)cc21. The largest absolute Gasteiger partial charge is 0.478 e. The quantitative estimate of drug-likeness (QED) is 0.287. The van der Waals surface area contributed by atoms with Crippen LogP contribution >= 0.6 is 11.6 Å². The molecule has 214 valence electrons. The van der Waals surface area contributed by atoms with E-state index in [1.165, 1.54) is 30.3 Å². The van der Waals surface area contributed by atoms with Crippen LogP contribution in [-0.4, -0.2) is 53.9 Å². The third-order valence-corrected chi connectivity index (χ3v) is 9.00. The number of benzene rings is 2. The zero-order valence-electron chi connectivity index (χ0n) is 22.3. The van der Waals surface area contributed by atoms with Crippen LogP contribution in [0, 0.1) is 13.8 Å². The number of sulfonamides is 1. The van der Waals surface area contributed by atoms with Crippen LogP contribution in [0.2, 0.25) is 5.02 Å². The average molecular weight is 598 g/mol. The molecule has 0 spiro atoms. The van der Waals surface area contributed by atoms with Crippen LogP contribution in [-0.2, 0) is 19.6 Å². The second-order valence-corrected chi connectivity index (χ2v) is 12.1. The van der Waals surface area contributed by atoms with Gasteiger partial charge in [-0.05, 0) is 74.7 Å². The maximum absolute atomic E-state index is 13.2. The molecular weight excluding hydrogens is 570 g/mol. The van der Waals surface area contributed by atoms with Crippen LogP contribution in [0.4, 0.5) is 11.4 Å². The van der Waals surface area contributed by atoms with E-state index in [4.69, 9.17) is 17.3 Å². The van der Waals surface area contributed by atoms with Crippen LogP contribution in [0.1, 0.15) is 51.9 Å². The number of nitrogens with zero attached hydrogens (tertiary/aromatic N) is 2. The van der Waals surface area contributed by atoms with Crippen molar-refractivity contribution in [3.05, 3.63) is 75.6 Å². The maximum Gasteiger partial charge on any atom is 0.337 e. The van der Waals surface area contributed by atoms with Gasteiger partial charge in [0.05, 0.1) is 21.7 Å². The molecule has 5 N–H and O–H groups in total. The smallest absolute Gasteiger partial charge is 0.337 e. The summed E-state index contributed by atoms with van der Waals surface area (Å²) >= 11 is 5.99. The second kappa shape index (κ2) is 10.7. The van der Waals surface area contributed by atoms with Gasteiger partial charge < -0.3 is 20.7 Å². The summed E-state index contributed by atoms with van der Waals surface area (Å²) < 4.78 is 30.4. The fraction of sp³-hybridized carbons (Fsp3) is 0.250. The summed E-state index contributed by atoms with van der Waals surface area (Å²) in [6.07, 6.45) is 2.25. The van der Waals surface area contributed by atoms with Crippen molar-refractivity contribution in [3.63, 3.8) is 0 Å². The molecule has 13 heteroatoms. The second-order valence-electron chi connectivity index (χ2n) is 10.0. The number of aromatic nitrogens is 1. The first kappa shape index (κ1) is 28.4. The van der Waals surface area contributed by atoms with Crippen molar-refractivity contribution in [2.24, 2.45) is 5.73 Å². The zero-order chi connectivity index (χ0) is 29.6. The average Bonchev–Trinajstić information content (AvgIpc) is 3.58. The number of hydrogen-bond donors (Lipinski definition) is 4. The Bertz CT molecular complexity index is 1740. The fourth-order valence-electron chi connectivity index (χ4n) is 5.53. The highest BCUT2D eigenvalue weighted by Crippen LogP contribution is 2.38. The van der Waals surface area contributed by atoms with Crippen molar-refractivity contribution < 1.29 is 27.9 Å². The van der Waals surface area contributed by atoms with Crippen LogP contribution in [0.5, 0.6) is 0 Å². The molecule has 11 nitrogen and oxygen atoms in total. The predicted molar refractivity (Wildman–Crippen MR) is 155 cm³/mol. The Morgan fingerprint density at radius 1 is 1.15 bits per heavy atom. The molecule has 1 aromatic heterocycles. The van der Waals surface area contributed by atoms with Crippen molar-refractivity contribution in [1.29, 1.82) is 0 Å². The van der Waals surface area contributed by atoms with Crippen LogP contribution in [0.15, 0.2) is 47.4 Å². The standard InChI is InChI=1S/C28H28ClN5O6S/c1-15-23(34(16(2)24(15)28(37)38)27(25(30)35)33-10-3-4-11-33)14-21-20-13-19(8-9-22(20)31-26(21)36)41(39,40)32-18-7-5-6-17(29)12-18/h5-9,12-14,27,32H,3-4,10-11H2,1-2H3,(H2,30,35)(H,31,36)(H,37,38). The Kier molecular flexibility index (Phi) is 7.41. The minimum absolute atomic E-state index is 0.00276. The summed E-state index contributed by atoms with van der Waals surface area (Å²) in [7, 11) is -4.06. The van der Waals surface area contributed by atoms with Gasteiger partial charge in [-0.2, -0.15) is 0 Å². The monoisotopic (exact) mass is 597 g/mol. The number of carbonyl (C=O) groups excluding carboxylic acids is 2. The number of hydrogen-bond acceptors (Lipinski definition) is 6. The molecule has 3 aromatic rings. The first-order chi connectivity index (χ1) is 19.4. The summed E-state index contributed by atoms with van der Waals surface area (Å²) in [6.45, 7) is 4.41. The van der Waals surface area contributed by atoms with E-state index in [0.717, 1.165) is 12.8 Å². The minimum Gasteiger partial charge on any atom is -0.478 e. The predicted octanol–water partition coefficient (Wildman–Crippen LogP) is 3.83. The molecule has 1 atom stereocenters. The molecule has 3 heterocycles. The Balaban J connectivity index is 1.64. The van der Waals surface area contributed by atoms with Gasteiger partial charge in [0.25, 0.3) is 21.8 Å². The molecule has 1 fully saturated rings. The van der Waals surface area contributed by atoms with E-state index in [0.29, 0.717) is 46.3 Å². The molecule has 2 amide bonds. The molecule has 0 bridgehead atoms. The number of nitrogens with two attached hydrogens (primary N) is 1. The highest BCUT2D eigenvalue weighted by atomic mass is 35.5. The number of anilines is 2. The number of rotatable bonds is 8. The zero-order valence-corrected chi connectivity index (χ0v) is 23.8. The van der Waals surface area contributed by atoms with Gasteiger partial charge in [0.2, 0.25) is 0 Å². The van der Waals surface area contributed by atoms with E-state index in [-0.39, 0.29) is 21.7 Å². The van der Waals surface area contributed by atoms with Gasteiger partial charge in [-0.3, -0.25) is 19.2 Å². The summed E-state index contributed by atoms with van der Waals surface area (Å²) in [6, 6.07) is 10.5. The van der Waals surface area contributed by atoms with Gasteiger partial charge in [0, 0.05) is 40.8 Å². The molecular formula is C28H28ClN5O6S. The Morgan fingerprint density at radius 2 is 1.85 bits per heavy atom. The first-order valence-corrected chi connectivity index (χ1v) is 14.7. The lowest BCUT2D eigenvalue weighted by Crippen LogP contribution is -2.41. The number of primary amides is 1. The lowest BCUT2D eigenvalue weighted by molar-refractivity contribution is -0.126. The van der Waals surface area contributed by atoms with Crippen LogP contribution in [0.3, 0.4) is 0 Å². The highest BCUT2D eigenvalue weighted by molar-refractivity contribution is 7.92. The van der Waals surface area contributed by atoms with Crippen molar-refractivity contribution in [3.8, 4) is 0 Å². The number of aromatic carboxylic acids is 1. The molecule has 1 saturated heterocycles. The number of halogens is 1. The lowest BCUT2D eigenvalue weighted by Gasteiger charge is -2.29. The highest BCUT2D eigenvalue weighted by Gasteiger charge is 2.35. The van der Waals surface area contributed by atoms with Gasteiger partial charge in [0.1, 0.15) is 0 Å². The number of amides is 2. The molecule has 2 aromatic carbocycles. The summed E-state index contributed by atoms with van der Waals surface area (Å²) in [5.74, 6) is -2.34. The van der Waals surface area contributed by atoms with E-state index in [2.05, 4.69) is 10.0 Å². The van der Waals surface area contributed by atoms with Gasteiger partial charge >= 0.3 is 5.97 Å². The number of nitrogens with one attached hydrogen (secondary N) is 2. The van der Waals surface area contributed by atoms with E-state index >= 15 is 0 Å². The van der Waals surface area contributed by atoms with Gasteiger partial charge in [0.15, 0.2) is 6.17 Å². The van der Waals surface area contributed by atoms with E-state index in [1.807, 2.05) is 4.90 Å². The summed E-state index contributed by atoms with van der Waals surface area (Å²) in [4.78, 5) is 39.9. The Labute approximate surface area is 241 Å². The normalized spacial score (nSPS) is 17.0. The molecule has 2 aliphatic heterocycles. The number of carbonyl (C=O) groups is 3.